The van der Waals surface area contributed by atoms with E-state index < -0.39 is 0 Å². The molecule has 0 aliphatic carbocycles. The van der Waals surface area contributed by atoms with Crippen molar-refractivity contribution in [2.75, 3.05) is 24.5 Å². The number of rotatable bonds is 1. The number of benzene rings is 1. The monoisotopic (exact) mass is 296 g/mol. The van der Waals surface area contributed by atoms with Crippen LogP contribution < -0.4 is 10.2 Å². The van der Waals surface area contributed by atoms with E-state index in [1.54, 1.807) is 0 Å². The highest BCUT2D eigenvalue weighted by molar-refractivity contribution is 9.10. The average molecular weight is 297 g/mol. The lowest BCUT2D eigenvalue weighted by Crippen LogP contribution is -2.49. The molecule has 2 nitrogen and oxygen atoms in total. The summed E-state index contributed by atoms with van der Waals surface area (Å²) in [6, 6.07) is 8.53. The summed E-state index contributed by atoms with van der Waals surface area (Å²) in [6.45, 7) is 8.01. The third kappa shape index (κ3) is 3.02. The molecule has 1 aromatic carbocycles. The lowest BCUT2D eigenvalue weighted by molar-refractivity contribution is 0.387. The first-order chi connectivity index (χ1) is 8.11. The zero-order valence-electron chi connectivity index (χ0n) is 10.7. The number of nitrogens with zero attached hydrogens (tertiary/aromatic N) is 1. The van der Waals surface area contributed by atoms with Crippen LogP contribution >= 0.6 is 15.9 Å². The molecule has 3 heteroatoms. The van der Waals surface area contributed by atoms with E-state index >= 15 is 0 Å². The SMILES string of the molecule is CC1(C)CCNCCCN1c1ccccc1Br. The highest BCUT2D eigenvalue weighted by Gasteiger charge is 2.28. The summed E-state index contributed by atoms with van der Waals surface area (Å²) in [5, 5.41) is 3.49. The minimum atomic E-state index is 0.206. The highest BCUT2D eigenvalue weighted by Crippen LogP contribution is 2.33. The molecule has 1 saturated heterocycles. The van der Waals surface area contributed by atoms with Gasteiger partial charge in [-0.25, -0.2) is 0 Å². The standard InChI is InChI=1S/C14H21BrN2/c1-14(2)8-10-16-9-5-11-17(14)13-7-4-3-6-12(13)15/h3-4,6-7,16H,5,8-11H2,1-2H3. The summed E-state index contributed by atoms with van der Waals surface area (Å²) in [7, 11) is 0. The molecule has 0 radical (unpaired) electrons. The van der Waals surface area contributed by atoms with Crippen molar-refractivity contribution in [3.63, 3.8) is 0 Å². The summed E-state index contributed by atoms with van der Waals surface area (Å²) < 4.78 is 1.20. The Balaban J connectivity index is 2.29. The lowest BCUT2D eigenvalue weighted by atomic mass is 9.95. The van der Waals surface area contributed by atoms with Crippen LogP contribution in [0.3, 0.4) is 0 Å². The fourth-order valence-electron chi connectivity index (χ4n) is 2.44. The van der Waals surface area contributed by atoms with Gasteiger partial charge in [0.05, 0.1) is 5.69 Å². The van der Waals surface area contributed by atoms with E-state index in [-0.39, 0.29) is 5.54 Å². The van der Waals surface area contributed by atoms with Crippen molar-refractivity contribution < 1.29 is 0 Å². The Morgan fingerprint density at radius 3 is 2.76 bits per heavy atom. The maximum Gasteiger partial charge on any atom is 0.0515 e. The van der Waals surface area contributed by atoms with Gasteiger partial charge in [-0.3, -0.25) is 0 Å². The minimum Gasteiger partial charge on any atom is -0.365 e. The number of hydrogen-bond donors (Lipinski definition) is 1. The van der Waals surface area contributed by atoms with Crippen LogP contribution in [0.25, 0.3) is 0 Å². The first-order valence-corrected chi connectivity index (χ1v) is 7.13. The molecular formula is C14H21BrN2. The first kappa shape index (κ1) is 12.9. The third-order valence-electron chi connectivity index (χ3n) is 3.52. The molecule has 1 N–H and O–H groups in total. The van der Waals surface area contributed by atoms with Crippen molar-refractivity contribution >= 4 is 21.6 Å². The molecule has 17 heavy (non-hydrogen) atoms. The third-order valence-corrected chi connectivity index (χ3v) is 4.19. The van der Waals surface area contributed by atoms with Crippen LogP contribution in [0.2, 0.25) is 0 Å². The summed E-state index contributed by atoms with van der Waals surface area (Å²) in [4.78, 5) is 2.54. The Hall–Kier alpha value is -0.540. The molecule has 1 fully saturated rings. The van der Waals surface area contributed by atoms with Crippen molar-refractivity contribution in [3.8, 4) is 0 Å². The smallest absolute Gasteiger partial charge is 0.0515 e. The topological polar surface area (TPSA) is 15.3 Å². The second-order valence-electron chi connectivity index (χ2n) is 5.27. The molecule has 94 valence electrons. The van der Waals surface area contributed by atoms with Gasteiger partial charge in [0.25, 0.3) is 0 Å². The normalized spacial score (nSPS) is 20.8. The zero-order valence-corrected chi connectivity index (χ0v) is 12.3. The Labute approximate surface area is 113 Å². The molecule has 0 spiro atoms. The lowest BCUT2D eigenvalue weighted by Gasteiger charge is -2.42. The van der Waals surface area contributed by atoms with E-state index in [4.69, 9.17) is 0 Å². The Bertz CT molecular complexity index is 376. The number of halogens is 1. The minimum absolute atomic E-state index is 0.206. The Morgan fingerprint density at radius 1 is 1.24 bits per heavy atom. The molecule has 1 heterocycles. The van der Waals surface area contributed by atoms with Crippen molar-refractivity contribution in [2.24, 2.45) is 0 Å². The molecule has 2 rings (SSSR count). The van der Waals surface area contributed by atoms with Crippen LogP contribution in [0.15, 0.2) is 28.7 Å². The largest absolute Gasteiger partial charge is 0.365 e. The van der Waals surface area contributed by atoms with E-state index in [0.717, 1.165) is 19.6 Å². The molecular weight excluding hydrogens is 276 g/mol. The summed E-state index contributed by atoms with van der Waals surface area (Å²) in [6.07, 6.45) is 2.37. The maximum absolute atomic E-state index is 3.67. The summed E-state index contributed by atoms with van der Waals surface area (Å²) in [5.74, 6) is 0. The quantitative estimate of drug-likeness (QED) is 0.854. The molecule has 0 bridgehead atoms. The van der Waals surface area contributed by atoms with Gasteiger partial charge in [-0.05, 0) is 67.8 Å². The van der Waals surface area contributed by atoms with Gasteiger partial charge in [0, 0.05) is 16.6 Å². The van der Waals surface area contributed by atoms with E-state index in [1.165, 1.54) is 23.0 Å². The highest BCUT2D eigenvalue weighted by atomic mass is 79.9. The first-order valence-electron chi connectivity index (χ1n) is 6.34. The summed E-state index contributed by atoms with van der Waals surface area (Å²) in [5.41, 5.74) is 1.52. The van der Waals surface area contributed by atoms with Gasteiger partial charge < -0.3 is 10.2 Å². The molecule has 1 aromatic rings. The van der Waals surface area contributed by atoms with Gasteiger partial charge >= 0.3 is 0 Å². The van der Waals surface area contributed by atoms with E-state index in [1.807, 2.05) is 0 Å². The average Bonchev–Trinajstić information content (AvgIpc) is 2.27. The number of anilines is 1. The van der Waals surface area contributed by atoms with Crippen LogP contribution in [-0.4, -0.2) is 25.2 Å². The Kier molecular flexibility index (Phi) is 4.10. The van der Waals surface area contributed by atoms with E-state index in [0.29, 0.717) is 0 Å². The second kappa shape index (κ2) is 5.40. The van der Waals surface area contributed by atoms with Gasteiger partial charge in [0.2, 0.25) is 0 Å². The van der Waals surface area contributed by atoms with Crippen LogP contribution in [0, 0.1) is 0 Å². The fraction of sp³-hybridized carbons (Fsp3) is 0.571. The van der Waals surface area contributed by atoms with Gasteiger partial charge in [-0.2, -0.15) is 0 Å². The van der Waals surface area contributed by atoms with Crippen LogP contribution in [0.4, 0.5) is 5.69 Å². The van der Waals surface area contributed by atoms with Crippen LogP contribution in [-0.2, 0) is 0 Å². The fourth-order valence-corrected chi connectivity index (χ4v) is 2.94. The molecule has 0 aromatic heterocycles. The molecule has 0 unspecified atom stereocenters. The molecule has 0 amide bonds. The second-order valence-corrected chi connectivity index (χ2v) is 6.12. The molecule has 0 saturated carbocycles. The van der Waals surface area contributed by atoms with Gasteiger partial charge in [0.1, 0.15) is 0 Å². The molecule has 1 aliphatic rings. The maximum atomic E-state index is 3.67. The van der Waals surface area contributed by atoms with E-state index in [2.05, 4.69) is 64.3 Å². The van der Waals surface area contributed by atoms with Crippen molar-refractivity contribution in [2.45, 2.75) is 32.2 Å². The van der Waals surface area contributed by atoms with Crippen molar-refractivity contribution in [3.05, 3.63) is 28.7 Å². The van der Waals surface area contributed by atoms with Gasteiger partial charge in [-0.1, -0.05) is 12.1 Å². The number of hydrogen-bond acceptors (Lipinski definition) is 2. The predicted molar refractivity (Wildman–Crippen MR) is 77.7 cm³/mol. The van der Waals surface area contributed by atoms with E-state index in [9.17, 15) is 0 Å². The predicted octanol–water partition coefficient (Wildman–Crippen LogP) is 3.42. The number of para-hydroxylation sites is 1. The Morgan fingerprint density at radius 2 is 2.00 bits per heavy atom. The van der Waals surface area contributed by atoms with Gasteiger partial charge in [0.15, 0.2) is 0 Å². The van der Waals surface area contributed by atoms with Crippen molar-refractivity contribution in [1.82, 2.24) is 5.32 Å². The van der Waals surface area contributed by atoms with Crippen LogP contribution in [0.5, 0.6) is 0 Å². The zero-order chi connectivity index (χ0) is 12.3. The molecule has 0 atom stereocenters. The van der Waals surface area contributed by atoms with Crippen LogP contribution in [0.1, 0.15) is 26.7 Å². The molecule has 1 aliphatic heterocycles. The van der Waals surface area contributed by atoms with Crippen molar-refractivity contribution in [1.29, 1.82) is 0 Å². The van der Waals surface area contributed by atoms with Gasteiger partial charge in [-0.15, -0.1) is 0 Å². The summed E-state index contributed by atoms with van der Waals surface area (Å²) >= 11 is 3.67. The number of nitrogens with one attached hydrogen (secondary N) is 1.